The second kappa shape index (κ2) is 9.47. The van der Waals surface area contributed by atoms with Gasteiger partial charge in [0.15, 0.2) is 5.65 Å². The fourth-order valence-corrected chi connectivity index (χ4v) is 6.25. The van der Waals surface area contributed by atoms with Gasteiger partial charge in [-0.2, -0.15) is 0 Å². The molecule has 5 heterocycles. The van der Waals surface area contributed by atoms with Crippen LogP contribution >= 0.6 is 0 Å². The zero-order valence-corrected chi connectivity index (χ0v) is 23.9. The van der Waals surface area contributed by atoms with Gasteiger partial charge >= 0.3 is 6.09 Å². The van der Waals surface area contributed by atoms with Gasteiger partial charge in [0.25, 0.3) is 5.91 Å². The smallest absolute Gasteiger partial charge is 0.410 e. The molecule has 3 fully saturated rings. The molecule has 0 aliphatic carbocycles. The Balaban J connectivity index is 1.17. The van der Waals surface area contributed by atoms with E-state index in [0.717, 1.165) is 30.8 Å². The van der Waals surface area contributed by atoms with Crippen LogP contribution in [0.4, 0.5) is 10.5 Å². The molecule has 3 aliphatic heterocycles. The van der Waals surface area contributed by atoms with Crippen molar-refractivity contribution in [3.8, 4) is 0 Å². The highest BCUT2D eigenvalue weighted by Gasteiger charge is 2.54. The molecule has 1 aromatic carbocycles. The van der Waals surface area contributed by atoms with Crippen molar-refractivity contribution in [1.82, 2.24) is 24.8 Å². The highest BCUT2D eigenvalue weighted by molar-refractivity contribution is 5.91. The topological polar surface area (TPSA) is 101 Å². The van der Waals surface area contributed by atoms with Gasteiger partial charge in [0, 0.05) is 31.1 Å². The summed E-state index contributed by atoms with van der Waals surface area (Å²) in [4.78, 5) is 34.8. The number of fused-ring (bicyclic) bond motifs is 1. The van der Waals surface area contributed by atoms with Crippen LogP contribution in [0.1, 0.15) is 62.3 Å². The first kappa shape index (κ1) is 26.6. The normalized spacial score (nSPS) is 24.0. The van der Waals surface area contributed by atoms with Gasteiger partial charge < -0.3 is 19.7 Å². The minimum absolute atomic E-state index is 0.0782. The molecule has 10 nitrogen and oxygen atoms in total. The van der Waals surface area contributed by atoms with Crippen molar-refractivity contribution in [2.75, 3.05) is 37.7 Å². The first-order valence-electron chi connectivity index (χ1n) is 14.0. The Morgan fingerprint density at radius 1 is 1.18 bits per heavy atom. The fraction of sp³-hybridized carbons (Fsp3) is 0.533. The van der Waals surface area contributed by atoms with Gasteiger partial charge in [-0.25, -0.2) is 14.3 Å². The number of ether oxygens (including phenoxy) is 2. The van der Waals surface area contributed by atoms with Gasteiger partial charge in [-0.05, 0) is 57.7 Å². The van der Waals surface area contributed by atoms with Crippen LogP contribution in [0.5, 0.6) is 0 Å². The number of anilines is 1. The van der Waals surface area contributed by atoms with Gasteiger partial charge in [-0.15, -0.1) is 5.10 Å². The maximum Gasteiger partial charge on any atom is 0.410 e. The number of amides is 2. The molecule has 1 spiro atoms. The molecule has 3 aliphatic rings. The summed E-state index contributed by atoms with van der Waals surface area (Å²) in [6, 6.07) is 12.5. The van der Waals surface area contributed by atoms with Gasteiger partial charge in [-0.1, -0.05) is 37.3 Å². The highest BCUT2D eigenvalue weighted by atomic mass is 16.6. The third-order valence-corrected chi connectivity index (χ3v) is 8.41. The molecule has 40 heavy (non-hydrogen) atoms. The number of aromatic nitrogens is 3. The molecule has 2 amide bonds. The van der Waals surface area contributed by atoms with E-state index in [1.807, 2.05) is 33.9 Å². The van der Waals surface area contributed by atoms with Crippen LogP contribution in [0.15, 0.2) is 42.6 Å². The summed E-state index contributed by atoms with van der Waals surface area (Å²) in [6.45, 7) is 12.9. The molecule has 0 saturated carbocycles. The predicted octanol–water partition coefficient (Wildman–Crippen LogP) is 3.71. The number of hydrogen-bond acceptors (Lipinski definition) is 7. The summed E-state index contributed by atoms with van der Waals surface area (Å²) in [6.07, 6.45) is 3.24. The van der Waals surface area contributed by atoms with E-state index in [1.165, 1.54) is 5.56 Å². The van der Waals surface area contributed by atoms with Crippen molar-refractivity contribution >= 4 is 23.3 Å². The Labute approximate surface area is 234 Å². The molecule has 3 aromatic rings. The number of rotatable bonds is 4. The Hall–Kier alpha value is -3.66. The molecule has 1 unspecified atom stereocenters. The summed E-state index contributed by atoms with van der Waals surface area (Å²) in [7, 11) is 0. The molecule has 10 heteroatoms. The van der Waals surface area contributed by atoms with Crippen LogP contribution in [-0.4, -0.2) is 81.5 Å². The predicted molar refractivity (Wildman–Crippen MR) is 151 cm³/mol. The number of likely N-dealkylation sites (tertiary alicyclic amines) is 1. The average Bonchev–Trinajstić information content (AvgIpc) is 3.59. The number of pyridine rings is 1. The molecule has 3 saturated heterocycles. The maximum absolute atomic E-state index is 13.3. The molecule has 0 bridgehead atoms. The van der Waals surface area contributed by atoms with Crippen LogP contribution in [-0.2, 0) is 14.9 Å². The van der Waals surface area contributed by atoms with Crippen molar-refractivity contribution in [1.29, 1.82) is 0 Å². The Kier molecular flexibility index (Phi) is 6.29. The molecule has 6 rings (SSSR count). The number of nitrogens with zero attached hydrogens (tertiary/aromatic N) is 5. The monoisotopic (exact) mass is 546 g/mol. The summed E-state index contributed by atoms with van der Waals surface area (Å²) < 4.78 is 12.8. The Morgan fingerprint density at radius 2 is 1.93 bits per heavy atom. The second-order valence-electron chi connectivity index (χ2n) is 12.9. The van der Waals surface area contributed by atoms with Gasteiger partial charge in [-0.3, -0.25) is 9.69 Å². The summed E-state index contributed by atoms with van der Waals surface area (Å²) in [5, 5.41) is 7.60. The molecule has 2 aromatic heterocycles. The minimum Gasteiger partial charge on any atom is -0.444 e. The summed E-state index contributed by atoms with van der Waals surface area (Å²) >= 11 is 0. The number of benzene rings is 1. The van der Waals surface area contributed by atoms with E-state index >= 15 is 0 Å². The van der Waals surface area contributed by atoms with Crippen LogP contribution in [0.25, 0.3) is 5.65 Å². The largest absolute Gasteiger partial charge is 0.444 e. The lowest BCUT2D eigenvalue weighted by molar-refractivity contribution is -0.120. The molecular weight excluding hydrogens is 508 g/mol. The SMILES string of the molecule is Cc1cc(N2CC[C@](C)(c3ccccc3)C2)cn2nc(C(=O)NC3CN(C(=O)OC(C)(C)C)C4(COC4)C3)nc12. The number of carbonyl (C=O) groups is 2. The second-order valence-corrected chi connectivity index (χ2v) is 12.9. The highest BCUT2D eigenvalue weighted by Crippen LogP contribution is 2.38. The lowest BCUT2D eigenvalue weighted by atomic mass is 9.82. The van der Waals surface area contributed by atoms with Gasteiger partial charge in [0.05, 0.1) is 30.6 Å². The quantitative estimate of drug-likeness (QED) is 0.532. The van der Waals surface area contributed by atoms with E-state index < -0.39 is 11.1 Å². The van der Waals surface area contributed by atoms with E-state index in [2.05, 4.69) is 63.6 Å². The number of hydrogen-bond donors (Lipinski definition) is 1. The zero-order valence-electron chi connectivity index (χ0n) is 23.9. The van der Waals surface area contributed by atoms with Crippen molar-refractivity contribution in [2.45, 2.75) is 70.1 Å². The Morgan fingerprint density at radius 3 is 2.60 bits per heavy atom. The molecule has 212 valence electrons. The molecule has 2 atom stereocenters. The lowest BCUT2D eigenvalue weighted by Crippen LogP contribution is -2.61. The number of aryl methyl sites for hydroxylation is 1. The van der Waals surface area contributed by atoms with Crippen LogP contribution in [0.3, 0.4) is 0 Å². The standard InChI is InChI=1S/C30H38N6O4/c1-20-13-23(34-12-11-29(5,17-34)21-9-7-6-8-10-21)16-36-25(20)32-24(33-36)26(37)31-22-14-30(18-39-19-30)35(15-22)27(38)40-28(2,3)4/h6-10,13,16,22H,11-12,14-15,17-19H2,1-5H3,(H,31,37)/t22?,29-/m0/s1. The third-order valence-electron chi connectivity index (χ3n) is 8.41. The van der Waals surface area contributed by atoms with Crippen molar-refractivity contribution < 1.29 is 19.1 Å². The average molecular weight is 547 g/mol. The maximum atomic E-state index is 13.3. The van der Waals surface area contributed by atoms with Crippen molar-refractivity contribution in [2.24, 2.45) is 0 Å². The first-order chi connectivity index (χ1) is 18.9. The van der Waals surface area contributed by atoms with E-state index in [-0.39, 0.29) is 29.3 Å². The Bertz CT molecular complexity index is 1440. The number of nitrogens with one attached hydrogen (secondary N) is 1. The first-order valence-corrected chi connectivity index (χ1v) is 14.0. The van der Waals surface area contributed by atoms with Crippen molar-refractivity contribution in [3.05, 3.63) is 59.5 Å². The summed E-state index contributed by atoms with van der Waals surface area (Å²) in [5.41, 5.74) is 3.07. The summed E-state index contributed by atoms with van der Waals surface area (Å²) in [5.74, 6) is -0.237. The van der Waals surface area contributed by atoms with E-state index in [4.69, 9.17) is 9.47 Å². The van der Waals surface area contributed by atoms with Crippen LogP contribution < -0.4 is 10.2 Å². The fourth-order valence-electron chi connectivity index (χ4n) is 6.25. The lowest BCUT2D eigenvalue weighted by Gasteiger charge is -2.44. The molecular formula is C30H38N6O4. The van der Waals surface area contributed by atoms with E-state index in [0.29, 0.717) is 31.8 Å². The van der Waals surface area contributed by atoms with E-state index in [9.17, 15) is 9.59 Å². The number of carbonyl (C=O) groups excluding carboxylic acids is 2. The molecule has 1 N–H and O–H groups in total. The van der Waals surface area contributed by atoms with E-state index in [1.54, 1.807) is 9.42 Å². The zero-order chi connectivity index (χ0) is 28.3. The van der Waals surface area contributed by atoms with Crippen LogP contribution in [0, 0.1) is 6.92 Å². The van der Waals surface area contributed by atoms with Crippen molar-refractivity contribution in [3.63, 3.8) is 0 Å². The minimum atomic E-state index is -0.601. The van der Waals surface area contributed by atoms with Crippen LogP contribution in [0.2, 0.25) is 0 Å². The third kappa shape index (κ3) is 4.78. The van der Waals surface area contributed by atoms with Gasteiger partial charge in [0.2, 0.25) is 5.82 Å². The van der Waals surface area contributed by atoms with Gasteiger partial charge in [0.1, 0.15) is 5.60 Å². The molecule has 0 radical (unpaired) electrons.